The molecule has 20 heavy (non-hydrogen) atoms. The number of fused-ring (bicyclic) bond motifs is 1. The SMILES string of the molecule is Cn1c(=O)oc2cc(-c3cc(C#N)c(O)cn3)ccc21. The Labute approximate surface area is 113 Å². The average molecular weight is 267 g/mol. The standard InChI is InChI=1S/C14H9N3O3/c1-17-11-3-2-8(5-13(11)20-14(17)19)10-4-9(6-15)12(18)7-16-10/h2-5,7,18H,1H3. The van der Waals surface area contributed by atoms with E-state index in [0.29, 0.717) is 22.4 Å². The predicted molar refractivity (Wildman–Crippen MR) is 71.1 cm³/mol. The fraction of sp³-hybridized carbons (Fsp3) is 0.0714. The van der Waals surface area contributed by atoms with Gasteiger partial charge in [0, 0.05) is 12.6 Å². The van der Waals surface area contributed by atoms with Crippen molar-refractivity contribution in [2.75, 3.05) is 0 Å². The van der Waals surface area contributed by atoms with Crippen molar-refractivity contribution in [3.8, 4) is 23.1 Å². The molecule has 3 aromatic rings. The molecule has 0 unspecified atom stereocenters. The van der Waals surface area contributed by atoms with Gasteiger partial charge < -0.3 is 9.52 Å². The van der Waals surface area contributed by atoms with Crippen LogP contribution in [0.15, 0.2) is 39.7 Å². The summed E-state index contributed by atoms with van der Waals surface area (Å²) in [5.74, 6) is -0.600. The number of pyridine rings is 1. The minimum absolute atomic E-state index is 0.143. The third kappa shape index (κ3) is 1.73. The Morgan fingerprint density at radius 1 is 1.40 bits per heavy atom. The Morgan fingerprint density at radius 3 is 2.95 bits per heavy atom. The number of aromatic nitrogens is 2. The zero-order valence-electron chi connectivity index (χ0n) is 10.5. The summed E-state index contributed by atoms with van der Waals surface area (Å²) in [7, 11) is 1.63. The van der Waals surface area contributed by atoms with E-state index in [9.17, 15) is 9.90 Å². The molecule has 3 rings (SSSR count). The van der Waals surface area contributed by atoms with Crippen LogP contribution in [0.1, 0.15) is 5.56 Å². The lowest BCUT2D eigenvalue weighted by Crippen LogP contribution is -2.08. The van der Waals surface area contributed by atoms with Crippen LogP contribution in [0.3, 0.4) is 0 Å². The highest BCUT2D eigenvalue weighted by atomic mass is 16.4. The molecule has 0 atom stereocenters. The van der Waals surface area contributed by atoms with Crippen LogP contribution in [0.25, 0.3) is 22.4 Å². The molecule has 0 saturated heterocycles. The van der Waals surface area contributed by atoms with Gasteiger partial charge in [-0.2, -0.15) is 5.26 Å². The maximum absolute atomic E-state index is 11.4. The summed E-state index contributed by atoms with van der Waals surface area (Å²) in [6.07, 6.45) is 1.22. The summed E-state index contributed by atoms with van der Waals surface area (Å²) >= 11 is 0. The molecule has 0 aliphatic carbocycles. The molecule has 1 N–H and O–H groups in total. The molecule has 0 bridgehead atoms. The fourth-order valence-electron chi connectivity index (χ4n) is 1.99. The van der Waals surface area contributed by atoms with Crippen LogP contribution in [-0.4, -0.2) is 14.7 Å². The number of nitriles is 1. The molecule has 6 heteroatoms. The highest BCUT2D eigenvalue weighted by molar-refractivity contribution is 5.79. The summed E-state index contributed by atoms with van der Waals surface area (Å²) in [5.41, 5.74) is 2.49. The molecule has 2 heterocycles. The van der Waals surface area contributed by atoms with Gasteiger partial charge in [-0.15, -0.1) is 0 Å². The number of aromatic hydroxyl groups is 1. The van der Waals surface area contributed by atoms with E-state index < -0.39 is 5.76 Å². The second kappa shape index (κ2) is 4.24. The molecule has 2 aromatic heterocycles. The first-order valence-corrected chi connectivity index (χ1v) is 5.79. The van der Waals surface area contributed by atoms with Gasteiger partial charge in [-0.1, -0.05) is 6.07 Å². The van der Waals surface area contributed by atoms with Crippen molar-refractivity contribution >= 4 is 11.1 Å². The van der Waals surface area contributed by atoms with Crippen LogP contribution < -0.4 is 5.76 Å². The van der Waals surface area contributed by atoms with Crippen molar-refractivity contribution in [1.82, 2.24) is 9.55 Å². The van der Waals surface area contributed by atoms with Crippen molar-refractivity contribution in [2.24, 2.45) is 7.05 Å². The number of benzene rings is 1. The van der Waals surface area contributed by atoms with Gasteiger partial charge in [-0.25, -0.2) is 4.79 Å². The third-order valence-corrected chi connectivity index (χ3v) is 3.09. The van der Waals surface area contributed by atoms with E-state index in [2.05, 4.69) is 4.98 Å². The number of hydrogen-bond donors (Lipinski definition) is 1. The summed E-state index contributed by atoms with van der Waals surface area (Å²) in [6.45, 7) is 0. The van der Waals surface area contributed by atoms with Gasteiger partial charge in [0.25, 0.3) is 0 Å². The van der Waals surface area contributed by atoms with Crippen molar-refractivity contribution in [2.45, 2.75) is 0 Å². The molecule has 0 aliphatic rings. The largest absolute Gasteiger partial charge is 0.505 e. The highest BCUT2D eigenvalue weighted by Gasteiger charge is 2.10. The van der Waals surface area contributed by atoms with Crippen LogP contribution in [0.5, 0.6) is 5.75 Å². The number of hydrogen-bond acceptors (Lipinski definition) is 5. The molecular weight excluding hydrogens is 258 g/mol. The lowest BCUT2D eigenvalue weighted by atomic mass is 10.1. The van der Waals surface area contributed by atoms with E-state index in [0.717, 1.165) is 0 Å². The van der Waals surface area contributed by atoms with E-state index in [1.165, 1.54) is 16.8 Å². The van der Waals surface area contributed by atoms with Gasteiger partial charge in [0.15, 0.2) is 11.3 Å². The molecule has 1 aromatic carbocycles. The quantitative estimate of drug-likeness (QED) is 0.725. The lowest BCUT2D eigenvalue weighted by molar-refractivity contribution is 0.471. The molecule has 0 spiro atoms. The maximum atomic E-state index is 11.4. The van der Waals surface area contributed by atoms with Gasteiger partial charge in [0.05, 0.1) is 23.0 Å². The Kier molecular flexibility index (Phi) is 2.54. The monoisotopic (exact) mass is 267 g/mol. The Balaban J connectivity index is 2.20. The number of aryl methyl sites for hydroxylation is 1. The topological polar surface area (TPSA) is 92.0 Å². The molecule has 0 fully saturated rings. The summed E-state index contributed by atoms with van der Waals surface area (Å²) in [4.78, 5) is 15.5. The molecule has 98 valence electrons. The normalized spacial score (nSPS) is 10.6. The highest BCUT2D eigenvalue weighted by Crippen LogP contribution is 2.25. The maximum Gasteiger partial charge on any atom is 0.419 e. The lowest BCUT2D eigenvalue weighted by Gasteiger charge is -2.02. The Morgan fingerprint density at radius 2 is 2.20 bits per heavy atom. The van der Waals surface area contributed by atoms with Crippen LogP contribution in [-0.2, 0) is 7.05 Å². The first kappa shape index (κ1) is 12.0. The molecule has 0 amide bonds. The molecule has 0 saturated carbocycles. The zero-order valence-corrected chi connectivity index (χ0v) is 10.5. The van der Waals surface area contributed by atoms with Crippen LogP contribution >= 0.6 is 0 Å². The first-order valence-electron chi connectivity index (χ1n) is 5.79. The van der Waals surface area contributed by atoms with Gasteiger partial charge in [-0.3, -0.25) is 9.55 Å². The zero-order chi connectivity index (χ0) is 14.3. The van der Waals surface area contributed by atoms with Gasteiger partial charge >= 0.3 is 5.76 Å². The molecule has 0 radical (unpaired) electrons. The molecule has 6 nitrogen and oxygen atoms in total. The fourth-order valence-corrected chi connectivity index (χ4v) is 1.99. The third-order valence-electron chi connectivity index (χ3n) is 3.09. The van der Waals surface area contributed by atoms with Gasteiger partial charge in [0.2, 0.25) is 0 Å². The van der Waals surface area contributed by atoms with Gasteiger partial charge in [0.1, 0.15) is 6.07 Å². The van der Waals surface area contributed by atoms with Crippen molar-refractivity contribution in [3.63, 3.8) is 0 Å². The van der Waals surface area contributed by atoms with Gasteiger partial charge in [-0.05, 0) is 18.2 Å². The van der Waals surface area contributed by atoms with Crippen LogP contribution in [0.4, 0.5) is 0 Å². The predicted octanol–water partition coefficient (Wildman–Crippen LogP) is 1.77. The van der Waals surface area contributed by atoms with Crippen LogP contribution in [0.2, 0.25) is 0 Å². The smallest absolute Gasteiger partial charge is 0.419 e. The molecular formula is C14H9N3O3. The average Bonchev–Trinajstić information content (AvgIpc) is 2.74. The van der Waals surface area contributed by atoms with Crippen molar-refractivity contribution < 1.29 is 9.52 Å². The Hall–Kier alpha value is -3.07. The number of oxazole rings is 1. The number of nitrogens with zero attached hydrogens (tertiary/aromatic N) is 3. The minimum atomic E-state index is -0.437. The van der Waals surface area contributed by atoms with Crippen molar-refractivity contribution in [1.29, 1.82) is 5.26 Å². The molecule has 0 aliphatic heterocycles. The second-order valence-corrected chi connectivity index (χ2v) is 4.31. The van der Waals surface area contributed by atoms with E-state index in [1.807, 2.05) is 6.07 Å². The van der Waals surface area contributed by atoms with E-state index >= 15 is 0 Å². The van der Waals surface area contributed by atoms with Crippen LogP contribution in [0, 0.1) is 11.3 Å². The summed E-state index contributed by atoms with van der Waals surface area (Å²) in [5, 5.41) is 18.3. The number of rotatable bonds is 1. The minimum Gasteiger partial charge on any atom is -0.505 e. The second-order valence-electron chi connectivity index (χ2n) is 4.31. The van der Waals surface area contributed by atoms with Crippen molar-refractivity contribution in [3.05, 3.63) is 46.6 Å². The van der Waals surface area contributed by atoms with E-state index in [1.54, 1.807) is 25.2 Å². The van der Waals surface area contributed by atoms with E-state index in [-0.39, 0.29) is 11.3 Å². The van der Waals surface area contributed by atoms with E-state index in [4.69, 9.17) is 9.68 Å². The first-order chi connectivity index (χ1) is 9.60. The Bertz CT molecular complexity index is 916. The summed E-state index contributed by atoms with van der Waals surface area (Å²) < 4.78 is 6.51. The summed E-state index contributed by atoms with van der Waals surface area (Å²) in [6, 6.07) is 8.57.